The molecule has 0 aliphatic heterocycles. The highest BCUT2D eigenvalue weighted by molar-refractivity contribution is 7.91. The van der Waals surface area contributed by atoms with E-state index >= 15 is 0 Å². The molecule has 0 unspecified atom stereocenters. The molecule has 2 rings (SSSR count). The van der Waals surface area contributed by atoms with Gasteiger partial charge in [-0.2, -0.15) is 10.5 Å². The van der Waals surface area contributed by atoms with Crippen molar-refractivity contribution in [2.75, 3.05) is 11.5 Å². The predicted octanol–water partition coefficient (Wildman–Crippen LogP) is 3.36. The van der Waals surface area contributed by atoms with Gasteiger partial charge in [0.25, 0.3) is 0 Å². The number of benzene rings is 2. The maximum absolute atomic E-state index is 11.5. The molecule has 6 nitrogen and oxygen atoms in total. The maximum Gasteiger partial charge on any atom is 0.158 e. The Hall–Kier alpha value is -3.20. The van der Waals surface area contributed by atoms with Crippen molar-refractivity contribution in [3.05, 3.63) is 96.1 Å². The van der Waals surface area contributed by atoms with Gasteiger partial charge in [0.2, 0.25) is 0 Å². The first-order chi connectivity index (χ1) is 14.3. The number of nitriles is 2. The molecule has 0 heterocycles. The van der Waals surface area contributed by atoms with Crippen LogP contribution in [0, 0.1) is 22.7 Å². The molecule has 0 aliphatic rings. The monoisotopic (exact) mass is 442 g/mol. The third kappa shape index (κ3) is 11.6. The van der Waals surface area contributed by atoms with Gasteiger partial charge in [-0.25, -0.2) is 16.8 Å². The maximum atomic E-state index is 11.5. The molecule has 0 N–H and O–H groups in total. The van der Waals surface area contributed by atoms with Gasteiger partial charge in [-0.1, -0.05) is 72.8 Å². The Balaban J connectivity index is 0.000000300. The Morgan fingerprint density at radius 3 is 1.27 bits per heavy atom. The Labute approximate surface area is 178 Å². The normalized spacial score (nSPS) is 11.4. The molecular weight excluding hydrogens is 420 g/mol. The van der Waals surface area contributed by atoms with Gasteiger partial charge in [0.1, 0.15) is 0 Å². The second-order valence-electron chi connectivity index (χ2n) is 6.14. The van der Waals surface area contributed by atoms with Crippen molar-refractivity contribution >= 4 is 19.7 Å². The number of hydrogen-bond acceptors (Lipinski definition) is 6. The smallest absolute Gasteiger partial charge is 0.158 e. The number of allylic oxidation sites excluding steroid dienone is 2. The van der Waals surface area contributed by atoms with E-state index in [1.807, 2.05) is 12.1 Å². The molecule has 0 radical (unpaired) electrons. The van der Waals surface area contributed by atoms with Crippen LogP contribution in [0.25, 0.3) is 0 Å². The van der Waals surface area contributed by atoms with Gasteiger partial charge >= 0.3 is 0 Å². The van der Waals surface area contributed by atoms with Crippen molar-refractivity contribution in [3.63, 3.8) is 0 Å². The molecule has 0 fully saturated rings. The topological polar surface area (TPSA) is 116 Å². The number of hydrogen-bond donors (Lipinski definition) is 0. The summed E-state index contributed by atoms with van der Waals surface area (Å²) < 4.78 is 46.1. The summed E-state index contributed by atoms with van der Waals surface area (Å²) in [6, 6.07) is 21.5. The first-order valence-electron chi connectivity index (χ1n) is 8.86. The van der Waals surface area contributed by atoms with E-state index in [2.05, 4.69) is 0 Å². The van der Waals surface area contributed by atoms with Crippen LogP contribution in [0.2, 0.25) is 0 Å². The Bertz CT molecular complexity index is 1030. The summed E-state index contributed by atoms with van der Waals surface area (Å²) in [6.07, 6.45) is 5.08. The molecule has 2 aromatic rings. The van der Waals surface area contributed by atoms with E-state index < -0.39 is 19.7 Å². The highest BCUT2D eigenvalue weighted by Crippen LogP contribution is 2.07. The molecule has 30 heavy (non-hydrogen) atoms. The lowest BCUT2D eigenvalue weighted by atomic mass is 10.2. The molecule has 0 atom stereocenters. The van der Waals surface area contributed by atoms with Gasteiger partial charge in [-0.05, 0) is 11.1 Å². The number of sulfone groups is 2. The van der Waals surface area contributed by atoms with Crippen LogP contribution < -0.4 is 0 Å². The average Bonchev–Trinajstić information content (AvgIpc) is 2.69. The SMILES string of the molecule is N#C/C=C/CS(=O)(=O)Cc1ccccc1.N#C/C=C\CS(=O)(=O)Cc1ccccc1. The Kier molecular flexibility index (Phi) is 10.8. The van der Waals surface area contributed by atoms with Crippen LogP contribution in [-0.4, -0.2) is 28.3 Å². The zero-order valence-corrected chi connectivity index (χ0v) is 17.9. The summed E-state index contributed by atoms with van der Waals surface area (Å²) in [5.74, 6) is -0.141. The minimum atomic E-state index is -3.14. The summed E-state index contributed by atoms with van der Waals surface area (Å²) in [4.78, 5) is 0. The average molecular weight is 443 g/mol. The molecule has 2 aromatic carbocycles. The third-order valence-corrected chi connectivity index (χ3v) is 6.49. The number of rotatable bonds is 8. The summed E-state index contributed by atoms with van der Waals surface area (Å²) in [5, 5.41) is 16.4. The highest BCUT2D eigenvalue weighted by Gasteiger charge is 2.09. The first kappa shape index (κ1) is 24.8. The lowest BCUT2D eigenvalue weighted by molar-refractivity contribution is 0.596. The van der Waals surface area contributed by atoms with Gasteiger partial charge in [-0.3, -0.25) is 0 Å². The fourth-order valence-electron chi connectivity index (χ4n) is 2.27. The van der Waals surface area contributed by atoms with Crippen LogP contribution in [0.3, 0.4) is 0 Å². The molecule has 0 aromatic heterocycles. The van der Waals surface area contributed by atoms with Gasteiger partial charge in [0.15, 0.2) is 19.7 Å². The van der Waals surface area contributed by atoms with E-state index in [9.17, 15) is 16.8 Å². The van der Waals surface area contributed by atoms with Crippen molar-refractivity contribution in [2.45, 2.75) is 11.5 Å². The van der Waals surface area contributed by atoms with Gasteiger partial charge < -0.3 is 0 Å². The van der Waals surface area contributed by atoms with Crippen molar-refractivity contribution in [1.82, 2.24) is 0 Å². The van der Waals surface area contributed by atoms with Crippen LogP contribution in [0.5, 0.6) is 0 Å². The molecule has 0 aliphatic carbocycles. The van der Waals surface area contributed by atoms with Crippen molar-refractivity contribution < 1.29 is 16.8 Å². The van der Waals surface area contributed by atoms with E-state index in [4.69, 9.17) is 10.5 Å². The fraction of sp³-hybridized carbons (Fsp3) is 0.182. The van der Waals surface area contributed by atoms with Crippen molar-refractivity contribution in [3.8, 4) is 12.1 Å². The second-order valence-corrected chi connectivity index (χ2v) is 10.4. The van der Waals surface area contributed by atoms with Crippen LogP contribution >= 0.6 is 0 Å². The largest absolute Gasteiger partial charge is 0.228 e. The van der Waals surface area contributed by atoms with Gasteiger partial charge in [-0.15, -0.1) is 0 Å². The summed E-state index contributed by atoms with van der Waals surface area (Å²) >= 11 is 0. The Morgan fingerprint density at radius 2 is 0.967 bits per heavy atom. The molecule has 0 saturated carbocycles. The molecule has 0 bridgehead atoms. The number of nitrogens with zero attached hydrogens (tertiary/aromatic N) is 2. The summed E-state index contributed by atoms with van der Waals surface area (Å²) in [7, 11) is -6.29. The van der Waals surface area contributed by atoms with E-state index in [-0.39, 0.29) is 23.0 Å². The van der Waals surface area contributed by atoms with Gasteiger partial charge in [0.05, 0.1) is 35.1 Å². The molecule has 0 spiro atoms. The fourth-order valence-corrected chi connectivity index (χ4v) is 4.68. The molecule has 0 amide bonds. The molecule has 0 saturated heterocycles. The molecular formula is C22H22N2O4S2. The molecule has 8 heteroatoms. The Morgan fingerprint density at radius 1 is 0.633 bits per heavy atom. The van der Waals surface area contributed by atoms with E-state index in [1.165, 1.54) is 24.3 Å². The van der Waals surface area contributed by atoms with E-state index in [1.54, 1.807) is 60.7 Å². The lowest BCUT2D eigenvalue weighted by Gasteiger charge is -2.00. The zero-order valence-electron chi connectivity index (χ0n) is 16.3. The first-order valence-corrected chi connectivity index (χ1v) is 12.5. The lowest BCUT2D eigenvalue weighted by Crippen LogP contribution is -2.07. The van der Waals surface area contributed by atoms with Crippen LogP contribution in [0.4, 0.5) is 0 Å². The van der Waals surface area contributed by atoms with E-state index in [0.29, 0.717) is 0 Å². The third-order valence-electron chi connectivity index (χ3n) is 3.54. The quantitative estimate of drug-likeness (QED) is 0.579. The minimum Gasteiger partial charge on any atom is -0.228 e. The van der Waals surface area contributed by atoms with E-state index in [0.717, 1.165) is 11.1 Å². The summed E-state index contributed by atoms with van der Waals surface area (Å²) in [5.41, 5.74) is 1.53. The standard InChI is InChI=1S/2C11H11NO2S/c2*12-8-4-5-9-15(13,14)10-11-6-2-1-3-7-11/h2*1-7H,9-10H2/b5-4+;5-4-. The highest BCUT2D eigenvalue weighted by atomic mass is 32.2. The summed E-state index contributed by atoms with van der Waals surface area (Å²) in [6.45, 7) is 0. The minimum absolute atomic E-state index is 0.0175. The molecule has 156 valence electrons. The van der Waals surface area contributed by atoms with Crippen LogP contribution in [-0.2, 0) is 31.2 Å². The van der Waals surface area contributed by atoms with Crippen LogP contribution in [0.15, 0.2) is 85.0 Å². The van der Waals surface area contributed by atoms with Crippen LogP contribution in [0.1, 0.15) is 11.1 Å². The van der Waals surface area contributed by atoms with Crippen molar-refractivity contribution in [2.24, 2.45) is 0 Å². The zero-order chi connectivity index (χ0) is 22.3. The predicted molar refractivity (Wildman–Crippen MR) is 117 cm³/mol. The second kappa shape index (κ2) is 13.1. The van der Waals surface area contributed by atoms with Crippen molar-refractivity contribution in [1.29, 1.82) is 10.5 Å². The van der Waals surface area contributed by atoms with Gasteiger partial charge in [0, 0.05) is 12.2 Å².